The number of amides is 2. The number of urea groups is 1. The van der Waals surface area contributed by atoms with Crippen molar-refractivity contribution in [3.8, 4) is 6.07 Å². The molecule has 0 spiro atoms. The summed E-state index contributed by atoms with van der Waals surface area (Å²) in [5.41, 5.74) is 0.185. The molecule has 1 heterocycles. The van der Waals surface area contributed by atoms with E-state index in [4.69, 9.17) is 9.68 Å². The molecule has 1 unspecified atom stereocenters. The third kappa shape index (κ3) is 4.11. The SMILES string of the molecule is CC(O)(CNC(=O)NCc1ccc(C#N)cc1)c1ccco1. The van der Waals surface area contributed by atoms with Gasteiger partial charge in [0.25, 0.3) is 0 Å². The predicted octanol–water partition coefficient (Wildman–Crippen LogP) is 1.86. The Morgan fingerprint density at radius 2 is 2.05 bits per heavy atom. The minimum Gasteiger partial charge on any atom is -0.466 e. The quantitative estimate of drug-likeness (QED) is 0.784. The van der Waals surface area contributed by atoms with Crippen molar-refractivity contribution in [2.45, 2.75) is 19.1 Å². The number of aliphatic hydroxyl groups is 1. The highest BCUT2D eigenvalue weighted by atomic mass is 16.4. The molecular weight excluding hydrogens is 282 g/mol. The maximum absolute atomic E-state index is 11.7. The summed E-state index contributed by atoms with van der Waals surface area (Å²) in [6.07, 6.45) is 1.47. The molecule has 114 valence electrons. The van der Waals surface area contributed by atoms with Crippen molar-refractivity contribution >= 4 is 6.03 Å². The largest absolute Gasteiger partial charge is 0.466 e. The molecule has 1 atom stereocenters. The van der Waals surface area contributed by atoms with Crippen LogP contribution in [0, 0.1) is 11.3 Å². The molecule has 0 fully saturated rings. The third-order valence-electron chi connectivity index (χ3n) is 3.18. The Morgan fingerprint density at radius 3 is 2.64 bits per heavy atom. The average molecular weight is 299 g/mol. The molecule has 0 bridgehead atoms. The van der Waals surface area contributed by atoms with Crippen LogP contribution < -0.4 is 10.6 Å². The summed E-state index contributed by atoms with van der Waals surface area (Å²) >= 11 is 0. The van der Waals surface area contributed by atoms with E-state index >= 15 is 0 Å². The summed E-state index contributed by atoms with van der Waals surface area (Å²) in [5, 5.41) is 24.2. The lowest BCUT2D eigenvalue weighted by molar-refractivity contribution is 0.0367. The zero-order valence-corrected chi connectivity index (χ0v) is 12.2. The lowest BCUT2D eigenvalue weighted by Gasteiger charge is -2.21. The molecule has 0 radical (unpaired) electrons. The first-order valence-electron chi connectivity index (χ1n) is 6.78. The van der Waals surface area contributed by atoms with Gasteiger partial charge in [0.1, 0.15) is 11.4 Å². The van der Waals surface area contributed by atoms with Crippen molar-refractivity contribution in [2.24, 2.45) is 0 Å². The van der Waals surface area contributed by atoms with Gasteiger partial charge in [0, 0.05) is 6.54 Å². The van der Waals surface area contributed by atoms with Crippen LogP contribution in [0.4, 0.5) is 4.79 Å². The molecule has 0 aliphatic heterocycles. The predicted molar refractivity (Wildman–Crippen MR) is 79.7 cm³/mol. The zero-order valence-electron chi connectivity index (χ0n) is 12.2. The average Bonchev–Trinajstić information content (AvgIpc) is 3.07. The molecule has 2 rings (SSSR count). The smallest absolute Gasteiger partial charge is 0.315 e. The van der Waals surface area contributed by atoms with Gasteiger partial charge in [-0.1, -0.05) is 12.1 Å². The molecular formula is C16H17N3O3. The van der Waals surface area contributed by atoms with E-state index in [1.807, 2.05) is 6.07 Å². The van der Waals surface area contributed by atoms with Crippen LogP contribution >= 0.6 is 0 Å². The second-order valence-electron chi connectivity index (χ2n) is 5.10. The Labute approximate surface area is 128 Å². The van der Waals surface area contributed by atoms with Crippen LogP contribution in [0.5, 0.6) is 0 Å². The van der Waals surface area contributed by atoms with Gasteiger partial charge < -0.3 is 20.2 Å². The van der Waals surface area contributed by atoms with Crippen LogP contribution in [-0.2, 0) is 12.1 Å². The Morgan fingerprint density at radius 1 is 1.32 bits per heavy atom. The molecule has 0 saturated carbocycles. The fourth-order valence-corrected chi connectivity index (χ4v) is 1.87. The highest BCUT2D eigenvalue weighted by Crippen LogP contribution is 2.19. The summed E-state index contributed by atoms with van der Waals surface area (Å²) in [6.45, 7) is 1.92. The fraction of sp³-hybridized carbons (Fsp3) is 0.250. The summed E-state index contributed by atoms with van der Waals surface area (Å²) in [6, 6.07) is 11.9. The van der Waals surface area contributed by atoms with Crippen molar-refractivity contribution in [1.82, 2.24) is 10.6 Å². The molecule has 1 aromatic heterocycles. The number of hydrogen-bond acceptors (Lipinski definition) is 4. The van der Waals surface area contributed by atoms with Gasteiger partial charge in [-0.25, -0.2) is 4.79 Å². The molecule has 0 aliphatic rings. The van der Waals surface area contributed by atoms with Crippen molar-refractivity contribution in [2.75, 3.05) is 6.54 Å². The fourth-order valence-electron chi connectivity index (χ4n) is 1.87. The van der Waals surface area contributed by atoms with Crippen LogP contribution in [0.15, 0.2) is 47.1 Å². The van der Waals surface area contributed by atoms with Gasteiger partial charge in [-0.2, -0.15) is 5.26 Å². The van der Waals surface area contributed by atoms with Crippen LogP contribution in [-0.4, -0.2) is 17.7 Å². The minimum atomic E-state index is -1.27. The number of nitriles is 1. The topological polar surface area (TPSA) is 98.3 Å². The third-order valence-corrected chi connectivity index (χ3v) is 3.18. The van der Waals surface area contributed by atoms with Crippen molar-refractivity contribution in [3.63, 3.8) is 0 Å². The molecule has 0 saturated heterocycles. The number of benzene rings is 1. The normalized spacial score (nSPS) is 13.0. The lowest BCUT2D eigenvalue weighted by atomic mass is 10.0. The molecule has 3 N–H and O–H groups in total. The maximum Gasteiger partial charge on any atom is 0.315 e. The number of rotatable bonds is 5. The zero-order chi connectivity index (χ0) is 16.0. The minimum absolute atomic E-state index is 0.0275. The van der Waals surface area contributed by atoms with Gasteiger partial charge in [-0.05, 0) is 36.8 Å². The summed E-state index contributed by atoms with van der Waals surface area (Å²) < 4.78 is 5.13. The number of hydrogen-bond donors (Lipinski definition) is 3. The highest BCUT2D eigenvalue weighted by molar-refractivity contribution is 5.73. The highest BCUT2D eigenvalue weighted by Gasteiger charge is 2.26. The van der Waals surface area contributed by atoms with E-state index < -0.39 is 11.6 Å². The molecule has 22 heavy (non-hydrogen) atoms. The van der Waals surface area contributed by atoms with Crippen LogP contribution in [0.2, 0.25) is 0 Å². The first kappa shape index (κ1) is 15.6. The Kier molecular flexibility index (Phi) is 4.81. The van der Waals surface area contributed by atoms with Crippen LogP contribution in [0.1, 0.15) is 23.8 Å². The number of nitrogens with one attached hydrogen (secondary N) is 2. The summed E-state index contributed by atoms with van der Waals surface area (Å²) in [5.74, 6) is 0.389. The van der Waals surface area contributed by atoms with Crippen molar-refractivity contribution < 1.29 is 14.3 Å². The van der Waals surface area contributed by atoms with Crippen LogP contribution in [0.25, 0.3) is 0 Å². The standard InChI is InChI=1S/C16H17N3O3/c1-16(21,14-3-2-8-22-14)11-19-15(20)18-10-13-6-4-12(9-17)5-7-13/h2-8,21H,10-11H2,1H3,(H2,18,19,20). The van der Waals surface area contributed by atoms with Gasteiger partial charge in [0.05, 0.1) is 24.4 Å². The second-order valence-corrected chi connectivity index (χ2v) is 5.10. The van der Waals surface area contributed by atoms with Gasteiger partial charge in [0.2, 0.25) is 0 Å². The van der Waals surface area contributed by atoms with Gasteiger partial charge in [0.15, 0.2) is 0 Å². The van der Waals surface area contributed by atoms with Gasteiger partial charge in [-0.3, -0.25) is 0 Å². The number of carbonyl (C=O) groups excluding carboxylic acids is 1. The first-order valence-corrected chi connectivity index (χ1v) is 6.78. The monoisotopic (exact) mass is 299 g/mol. The number of furan rings is 1. The molecule has 6 heteroatoms. The Balaban J connectivity index is 1.79. The second kappa shape index (κ2) is 6.78. The number of nitrogens with zero attached hydrogens (tertiary/aromatic N) is 1. The van der Waals surface area contributed by atoms with Crippen LogP contribution in [0.3, 0.4) is 0 Å². The molecule has 6 nitrogen and oxygen atoms in total. The van der Waals surface area contributed by atoms with E-state index in [1.54, 1.807) is 43.3 Å². The van der Waals surface area contributed by atoms with Crippen molar-refractivity contribution in [1.29, 1.82) is 5.26 Å². The summed E-state index contributed by atoms with van der Waals surface area (Å²) in [7, 11) is 0. The van der Waals surface area contributed by atoms with E-state index in [2.05, 4.69) is 10.6 Å². The van der Waals surface area contributed by atoms with E-state index in [9.17, 15) is 9.90 Å². The van der Waals surface area contributed by atoms with E-state index in [0.717, 1.165) is 5.56 Å². The van der Waals surface area contributed by atoms with E-state index in [1.165, 1.54) is 6.26 Å². The van der Waals surface area contributed by atoms with Crippen molar-refractivity contribution in [3.05, 3.63) is 59.5 Å². The molecule has 1 aromatic carbocycles. The van der Waals surface area contributed by atoms with Gasteiger partial charge >= 0.3 is 6.03 Å². The maximum atomic E-state index is 11.7. The lowest BCUT2D eigenvalue weighted by Crippen LogP contribution is -2.43. The Hall–Kier alpha value is -2.78. The first-order chi connectivity index (χ1) is 10.5. The van der Waals surface area contributed by atoms with E-state index in [0.29, 0.717) is 17.9 Å². The Bertz CT molecular complexity index is 655. The summed E-state index contributed by atoms with van der Waals surface area (Å²) in [4.78, 5) is 11.7. The number of carbonyl (C=O) groups is 1. The molecule has 2 amide bonds. The molecule has 2 aromatic rings. The molecule has 0 aliphatic carbocycles. The van der Waals surface area contributed by atoms with E-state index in [-0.39, 0.29) is 6.54 Å². The van der Waals surface area contributed by atoms with Gasteiger partial charge in [-0.15, -0.1) is 0 Å².